The molecule has 0 unspecified atom stereocenters. The van der Waals surface area contributed by atoms with Crippen molar-refractivity contribution in [2.75, 3.05) is 33.6 Å². The van der Waals surface area contributed by atoms with E-state index in [2.05, 4.69) is 20.8 Å². The van der Waals surface area contributed by atoms with Gasteiger partial charge in [0.25, 0.3) is 5.91 Å². The molecular formula is C21H20N4O7. The second kappa shape index (κ2) is 9.69. The third kappa shape index (κ3) is 5.06. The maximum atomic E-state index is 12.2. The molecule has 11 nitrogen and oxygen atoms in total. The Bertz CT molecular complexity index is 1100. The number of fused-ring (bicyclic) bond motifs is 1. The van der Waals surface area contributed by atoms with E-state index in [4.69, 9.17) is 23.5 Å². The Balaban J connectivity index is 1.18. The van der Waals surface area contributed by atoms with E-state index < -0.39 is 5.91 Å². The Hall–Kier alpha value is -4.28. The van der Waals surface area contributed by atoms with Gasteiger partial charge in [0.05, 0.1) is 7.11 Å². The summed E-state index contributed by atoms with van der Waals surface area (Å²) in [5, 5.41) is 9.06. The van der Waals surface area contributed by atoms with Crippen LogP contribution in [0.3, 0.4) is 0 Å². The van der Waals surface area contributed by atoms with Gasteiger partial charge in [-0.15, -0.1) is 0 Å². The largest absolute Gasteiger partial charge is 0.497 e. The highest BCUT2D eigenvalue weighted by Crippen LogP contribution is 2.35. The molecule has 1 aliphatic heterocycles. The van der Waals surface area contributed by atoms with Crippen LogP contribution in [-0.4, -0.2) is 55.6 Å². The smallest absolute Gasteiger partial charge is 0.316 e. The van der Waals surface area contributed by atoms with Gasteiger partial charge in [0.2, 0.25) is 12.6 Å². The van der Waals surface area contributed by atoms with E-state index in [1.807, 2.05) is 0 Å². The molecule has 2 amide bonds. The van der Waals surface area contributed by atoms with E-state index in [0.29, 0.717) is 28.6 Å². The van der Waals surface area contributed by atoms with Crippen molar-refractivity contribution in [1.82, 2.24) is 20.8 Å². The monoisotopic (exact) mass is 440 g/mol. The molecule has 0 fully saturated rings. The van der Waals surface area contributed by atoms with Crippen LogP contribution in [0.2, 0.25) is 0 Å². The summed E-state index contributed by atoms with van der Waals surface area (Å²) < 4.78 is 26.0. The van der Waals surface area contributed by atoms with Crippen LogP contribution in [0.15, 0.2) is 47.0 Å². The molecule has 32 heavy (non-hydrogen) atoms. The molecule has 0 saturated heterocycles. The van der Waals surface area contributed by atoms with Gasteiger partial charge < -0.3 is 34.1 Å². The van der Waals surface area contributed by atoms with Crippen molar-refractivity contribution < 1.29 is 33.1 Å². The summed E-state index contributed by atoms with van der Waals surface area (Å²) in [6.45, 7) is 0.389. The van der Waals surface area contributed by atoms with Gasteiger partial charge in [-0.05, 0) is 42.5 Å². The summed E-state index contributed by atoms with van der Waals surface area (Å²) in [5.74, 6) is 1.64. The molecule has 3 aromatic rings. The number of methoxy groups -OCH3 is 1. The lowest BCUT2D eigenvalue weighted by molar-refractivity contribution is -0.123. The van der Waals surface area contributed by atoms with Gasteiger partial charge in [-0.3, -0.25) is 9.59 Å². The first-order chi connectivity index (χ1) is 15.6. The molecule has 166 valence electrons. The fourth-order valence-corrected chi connectivity index (χ4v) is 2.79. The number of carbonyl (C=O) groups excluding carboxylic acids is 2. The van der Waals surface area contributed by atoms with Crippen LogP contribution in [-0.2, 0) is 4.79 Å². The molecule has 0 radical (unpaired) electrons. The van der Waals surface area contributed by atoms with Crippen LogP contribution in [0.25, 0.3) is 11.4 Å². The number of hydrogen-bond donors (Lipinski definition) is 2. The molecule has 0 atom stereocenters. The van der Waals surface area contributed by atoms with Crippen LogP contribution in [0.1, 0.15) is 10.7 Å². The van der Waals surface area contributed by atoms with Crippen LogP contribution >= 0.6 is 0 Å². The third-order valence-electron chi connectivity index (χ3n) is 4.41. The van der Waals surface area contributed by atoms with Crippen molar-refractivity contribution in [2.24, 2.45) is 0 Å². The molecule has 2 N–H and O–H groups in total. The Morgan fingerprint density at radius 1 is 1.00 bits per heavy atom. The summed E-state index contributed by atoms with van der Waals surface area (Å²) in [7, 11) is 1.57. The summed E-state index contributed by atoms with van der Waals surface area (Å²) >= 11 is 0. The number of benzene rings is 2. The van der Waals surface area contributed by atoms with E-state index in [1.165, 1.54) is 0 Å². The zero-order valence-electron chi connectivity index (χ0n) is 17.1. The van der Waals surface area contributed by atoms with E-state index in [0.717, 1.165) is 0 Å². The zero-order valence-corrected chi connectivity index (χ0v) is 17.1. The van der Waals surface area contributed by atoms with Crippen LogP contribution in [0, 0.1) is 0 Å². The van der Waals surface area contributed by atoms with Crippen molar-refractivity contribution in [3.63, 3.8) is 0 Å². The summed E-state index contributed by atoms with van der Waals surface area (Å²) in [6.07, 6.45) is 0. The molecule has 2 aromatic carbocycles. The summed E-state index contributed by atoms with van der Waals surface area (Å²) in [6, 6.07) is 12.1. The molecule has 0 bridgehead atoms. The molecule has 0 spiro atoms. The lowest BCUT2D eigenvalue weighted by Crippen LogP contribution is -2.36. The second-order valence-corrected chi connectivity index (χ2v) is 6.56. The van der Waals surface area contributed by atoms with Crippen molar-refractivity contribution in [3.8, 4) is 34.4 Å². The molecule has 2 heterocycles. The van der Waals surface area contributed by atoms with Gasteiger partial charge in [-0.2, -0.15) is 4.98 Å². The fourth-order valence-electron chi connectivity index (χ4n) is 2.79. The minimum absolute atomic E-state index is 0.150. The highest BCUT2D eigenvalue weighted by atomic mass is 16.7. The van der Waals surface area contributed by atoms with E-state index in [1.54, 1.807) is 49.6 Å². The van der Waals surface area contributed by atoms with Crippen molar-refractivity contribution in [2.45, 2.75) is 0 Å². The van der Waals surface area contributed by atoms with E-state index >= 15 is 0 Å². The number of ether oxygens (including phenoxy) is 4. The first kappa shape index (κ1) is 21.0. The van der Waals surface area contributed by atoms with Gasteiger partial charge in [-0.25, -0.2) is 0 Å². The van der Waals surface area contributed by atoms with E-state index in [-0.39, 0.29) is 44.1 Å². The average Bonchev–Trinajstić information content (AvgIpc) is 3.50. The average molecular weight is 440 g/mol. The lowest BCUT2D eigenvalue weighted by Gasteiger charge is -2.08. The molecule has 0 saturated carbocycles. The third-order valence-corrected chi connectivity index (χ3v) is 4.41. The lowest BCUT2D eigenvalue weighted by atomic mass is 10.2. The van der Waals surface area contributed by atoms with Crippen LogP contribution in [0.5, 0.6) is 23.0 Å². The number of carbonyl (C=O) groups is 2. The number of hydrogen-bond acceptors (Lipinski definition) is 9. The maximum absolute atomic E-state index is 12.2. The number of aromatic nitrogens is 2. The van der Waals surface area contributed by atoms with Gasteiger partial charge in [0.15, 0.2) is 18.1 Å². The van der Waals surface area contributed by atoms with Crippen molar-refractivity contribution in [1.29, 1.82) is 0 Å². The molecule has 0 aliphatic carbocycles. The zero-order chi connectivity index (χ0) is 22.3. The predicted molar refractivity (Wildman–Crippen MR) is 110 cm³/mol. The van der Waals surface area contributed by atoms with Crippen LogP contribution < -0.4 is 29.6 Å². The second-order valence-electron chi connectivity index (χ2n) is 6.56. The quantitative estimate of drug-likeness (QED) is 0.474. The first-order valence-electron chi connectivity index (χ1n) is 9.68. The summed E-state index contributed by atoms with van der Waals surface area (Å²) in [5.41, 5.74) is 0.626. The number of amides is 2. The number of nitrogens with zero attached hydrogens (tertiary/aromatic N) is 2. The van der Waals surface area contributed by atoms with Crippen LogP contribution in [0.4, 0.5) is 0 Å². The van der Waals surface area contributed by atoms with Gasteiger partial charge in [0.1, 0.15) is 11.5 Å². The predicted octanol–water partition coefficient (Wildman–Crippen LogP) is 1.40. The van der Waals surface area contributed by atoms with Gasteiger partial charge in [-0.1, -0.05) is 5.16 Å². The van der Waals surface area contributed by atoms with Gasteiger partial charge in [0, 0.05) is 18.7 Å². The molecule has 1 aromatic heterocycles. The Morgan fingerprint density at radius 2 is 1.75 bits per heavy atom. The number of rotatable bonds is 9. The highest BCUT2D eigenvalue weighted by molar-refractivity contribution is 5.90. The normalized spacial score (nSPS) is 11.7. The van der Waals surface area contributed by atoms with E-state index in [9.17, 15) is 9.59 Å². The minimum Gasteiger partial charge on any atom is -0.497 e. The topological polar surface area (TPSA) is 134 Å². The summed E-state index contributed by atoms with van der Waals surface area (Å²) in [4.78, 5) is 28.1. The highest BCUT2D eigenvalue weighted by Gasteiger charge is 2.19. The maximum Gasteiger partial charge on any atom is 0.316 e. The molecule has 4 rings (SSSR count). The Labute approximate surface area is 182 Å². The van der Waals surface area contributed by atoms with Gasteiger partial charge >= 0.3 is 11.8 Å². The van der Waals surface area contributed by atoms with Crippen molar-refractivity contribution >= 4 is 11.8 Å². The van der Waals surface area contributed by atoms with Crippen molar-refractivity contribution in [3.05, 3.63) is 48.4 Å². The molecule has 11 heteroatoms. The Kier molecular flexibility index (Phi) is 6.35. The molecule has 1 aliphatic rings. The SMILES string of the molecule is COc1ccc(OCC(=O)NCCNC(=O)c2nc(-c3ccc4c(c3)OCO4)no2)cc1. The fraction of sp³-hybridized carbons (Fsp3) is 0.238. The standard InChI is InChI=1S/C21H20N4O7/c1-28-14-3-5-15(6-4-14)29-11-18(26)22-8-9-23-20(27)21-24-19(25-32-21)13-2-7-16-17(10-13)31-12-30-16/h2-7,10H,8-9,11-12H2,1H3,(H,22,26)(H,23,27). The minimum atomic E-state index is -0.548. The number of nitrogens with one attached hydrogen (secondary N) is 2. The molecular weight excluding hydrogens is 420 g/mol. The Morgan fingerprint density at radius 3 is 2.56 bits per heavy atom. The first-order valence-corrected chi connectivity index (χ1v) is 9.68.